The second-order valence-corrected chi connectivity index (χ2v) is 5.73. The molecule has 4 rings (SSSR count). The quantitative estimate of drug-likeness (QED) is 0.802. The summed E-state index contributed by atoms with van der Waals surface area (Å²) in [6, 6.07) is 14.3. The van der Waals surface area contributed by atoms with Crippen molar-refractivity contribution in [2.45, 2.75) is 18.5 Å². The van der Waals surface area contributed by atoms with E-state index in [-0.39, 0.29) is 17.9 Å². The number of aromatic nitrogens is 4. The zero-order valence-corrected chi connectivity index (χ0v) is 13.1. The van der Waals surface area contributed by atoms with E-state index < -0.39 is 0 Å². The van der Waals surface area contributed by atoms with Crippen LogP contribution in [0, 0.1) is 5.82 Å². The number of anilines is 1. The van der Waals surface area contributed by atoms with E-state index in [9.17, 15) is 4.39 Å². The summed E-state index contributed by atoms with van der Waals surface area (Å²) < 4.78 is 20.7. The Hall–Kier alpha value is -2.96. The fraction of sp³-hybridized carbons (Fsp3) is 0.235. The molecule has 0 amide bonds. The highest BCUT2D eigenvalue weighted by atomic mass is 19.1. The fourth-order valence-electron chi connectivity index (χ4n) is 3.11. The van der Waals surface area contributed by atoms with Crippen LogP contribution in [0.5, 0.6) is 5.75 Å². The second-order valence-electron chi connectivity index (χ2n) is 5.73. The van der Waals surface area contributed by atoms with Gasteiger partial charge in [-0.2, -0.15) is 0 Å². The van der Waals surface area contributed by atoms with Gasteiger partial charge in [-0.25, -0.2) is 9.07 Å². The Bertz CT molecular complexity index is 865. The lowest BCUT2D eigenvalue weighted by molar-refractivity contribution is 0.408. The van der Waals surface area contributed by atoms with Crippen LogP contribution in [0.4, 0.5) is 10.3 Å². The van der Waals surface area contributed by atoms with Crippen molar-refractivity contribution in [2.24, 2.45) is 0 Å². The van der Waals surface area contributed by atoms with Crippen LogP contribution in [0.3, 0.4) is 0 Å². The van der Waals surface area contributed by atoms with Crippen LogP contribution in [-0.2, 0) is 0 Å². The first-order valence-electron chi connectivity index (χ1n) is 7.68. The number of hydrogen-bond donors (Lipinski definition) is 1. The molecule has 1 N–H and O–H groups in total. The molecule has 1 aliphatic heterocycles. The number of rotatable bonds is 3. The smallest absolute Gasteiger partial charge is 0.243 e. The third-order valence-corrected chi connectivity index (χ3v) is 4.28. The van der Waals surface area contributed by atoms with Crippen LogP contribution in [0.15, 0.2) is 48.5 Å². The molecule has 0 spiro atoms. The molecule has 3 aromatic rings. The van der Waals surface area contributed by atoms with Crippen molar-refractivity contribution < 1.29 is 9.13 Å². The van der Waals surface area contributed by atoms with Gasteiger partial charge in [-0.05, 0) is 52.2 Å². The Kier molecular flexibility index (Phi) is 3.60. The second kappa shape index (κ2) is 5.92. The van der Waals surface area contributed by atoms with Crippen molar-refractivity contribution >= 4 is 5.95 Å². The maximum atomic E-state index is 13.6. The van der Waals surface area contributed by atoms with Gasteiger partial charge >= 0.3 is 0 Å². The number of nitrogens with zero attached hydrogens (tertiary/aromatic N) is 4. The summed E-state index contributed by atoms with van der Waals surface area (Å²) in [5.74, 6) is 1.10. The van der Waals surface area contributed by atoms with Gasteiger partial charge in [0.25, 0.3) is 0 Å². The van der Waals surface area contributed by atoms with Crippen LogP contribution < -0.4 is 10.1 Å². The molecular weight excluding hydrogens is 309 g/mol. The first-order chi connectivity index (χ1) is 11.7. The first kappa shape index (κ1) is 14.6. The minimum absolute atomic E-state index is 0.00636. The lowest BCUT2D eigenvalue weighted by atomic mass is 9.93. The molecule has 2 atom stereocenters. The van der Waals surface area contributed by atoms with Crippen LogP contribution in [0.2, 0.25) is 0 Å². The monoisotopic (exact) mass is 325 g/mol. The summed E-state index contributed by atoms with van der Waals surface area (Å²) in [4.78, 5) is 0. The lowest BCUT2D eigenvalue weighted by Crippen LogP contribution is -2.28. The van der Waals surface area contributed by atoms with Crippen LogP contribution >= 0.6 is 0 Å². The number of fused-ring (bicyclic) bond motifs is 1. The molecule has 0 radical (unpaired) electrons. The van der Waals surface area contributed by atoms with E-state index in [1.807, 2.05) is 30.3 Å². The Labute approximate surface area is 138 Å². The van der Waals surface area contributed by atoms with Gasteiger partial charge in [0, 0.05) is 0 Å². The minimum Gasteiger partial charge on any atom is -0.497 e. The Balaban J connectivity index is 1.73. The van der Waals surface area contributed by atoms with Gasteiger partial charge in [-0.3, -0.25) is 0 Å². The number of nitrogens with one attached hydrogen (secondary N) is 1. The fourth-order valence-corrected chi connectivity index (χ4v) is 3.11. The van der Waals surface area contributed by atoms with Crippen molar-refractivity contribution in [1.82, 2.24) is 20.2 Å². The molecule has 7 heteroatoms. The van der Waals surface area contributed by atoms with E-state index in [4.69, 9.17) is 4.74 Å². The molecule has 0 bridgehead atoms. The van der Waals surface area contributed by atoms with Gasteiger partial charge in [-0.1, -0.05) is 29.4 Å². The number of ether oxygens (including phenoxy) is 1. The average Bonchev–Trinajstić information content (AvgIpc) is 3.09. The molecule has 2 aromatic carbocycles. The summed E-state index contributed by atoms with van der Waals surface area (Å²) >= 11 is 0. The molecule has 2 heterocycles. The van der Waals surface area contributed by atoms with Gasteiger partial charge < -0.3 is 10.1 Å². The van der Waals surface area contributed by atoms with E-state index in [2.05, 4.69) is 20.8 Å². The largest absolute Gasteiger partial charge is 0.497 e. The third kappa shape index (κ3) is 2.58. The molecule has 0 aliphatic carbocycles. The van der Waals surface area contributed by atoms with E-state index in [1.165, 1.54) is 12.1 Å². The summed E-state index contributed by atoms with van der Waals surface area (Å²) in [6.45, 7) is 0. The number of hydrogen-bond acceptors (Lipinski definition) is 5. The van der Waals surface area contributed by atoms with Gasteiger partial charge in [-0.15, -0.1) is 0 Å². The molecular formula is C17H16FN5O. The first-order valence-corrected chi connectivity index (χ1v) is 7.68. The summed E-state index contributed by atoms with van der Waals surface area (Å²) in [7, 11) is 1.64. The number of tetrazole rings is 1. The van der Waals surface area contributed by atoms with Crippen LogP contribution in [0.25, 0.3) is 0 Å². The molecule has 24 heavy (non-hydrogen) atoms. The van der Waals surface area contributed by atoms with Crippen LogP contribution in [-0.4, -0.2) is 27.3 Å². The lowest BCUT2D eigenvalue weighted by Gasteiger charge is -2.31. The van der Waals surface area contributed by atoms with Crippen molar-refractivity contribution in [3.05, 3.63) is 65.5 Å². The molecule has 0 saturated carbocycles. The van der Waals surface area contributed by atoms with E-state index in [0.29, 0.717) is 12.4 Å². The molecule has 122 valence electrons. The van der Waals surface area contributed by atoms with Crippen LogP contribution in [0.1, 0.15) is 29.6 Å². The predicted molar refractivity (Wildman–Crippen MR) is 86.3 cm³/mol. The maximum Gasteiger partial charge on any atom is 0.243 e. The summed E-state index contributed by atoms with van der Waals surface area (Å²) in [5, 5.41) is 15.2. The normalized spacial score (nSPS) is 19.4. The highest BCUT2D eigenvalue weighted by Gasteiger charge is 2.30. The average molecular weight is 325 g/mol. The Morgan fingerprint density at radius 1 is 1.17 bits per heavy atom. The summed E-state index contributed by atoms with van der Waals surface area (Å²) in [5.41, 5.74) is 1.92. The van der Waals surface area contributed by atoms with Gasteiger partial charge in [0.2, 0.25) is 5.95 Å². The molecule has 0 unspecified atom stereocenters. The van der Waals surface area contributed by atoms with E-state index in [0.717, 1.165) is 16.9 Å². The van der Waals surface area contributed by atoms with E-state index >= 15 is 0 Å². The van der Waals surface area contributed by atoms with Crippen molar-refractivity contribution in [1.29, 1.82) is 0 Å². The highest BCUT2D eigenvalue weighted by molar-refractivity contribution is 5.39. The zero-order chi connectivity index (χ0) is 16.5. The third-order valence-electron chi connectivity index (χ3n) is 4.28. The van der Waals surface area contributed by atoms with Crippen molar-refractivity contribution in [3.8, 4) is 5.75 Å². The molecule has 0 saturated heterocycles. The zero-order valence-electron chi connectivity index (χ0n) is 13.1. The topological polar surface area (TPSA) is 64.9 Å². The molecule has 1 aliphatic rings. The number of halogens is 1. The van der Waals surface area contributed by atoms with Crippen molar-refractivity contribution in [2.75, 3.05) is 12.4 Å². The Morgan fingerprint density at radius 3 is 2.83 bits per heavy atom. The standard InChI is InChI=1S/C17H16FN5O/c1-24-14-7-3-4-11(9-14)15-10-16(12-5-2-6-13(18)8-12)23-17(19-15)20-21-22-23/h2-9,15-16H,10H2,1H3,(H,19,20,22)/t15-,16+/m1/s1. The van der Waals surface area contributed by atoms with E-state index in [1.54, 1.807) is 17.9 Å². The minimum atomic E-state index is -0.265. The molecule has 0 fully saturated rings. The maximum absolute atomic E-state index is 13.6. The predicted octanol–water partition coefficient (Wildman–Crippen LogP) is 2.97. The SMILES string of the molecule is COc1cccc([C@H]2C[C@@H](c3cccc(F)c3)n3nnnc3N2)c1. The molecule has 1 aromatic heterocycles. The van der Waals surface area contributed by atoms with Gasteiger partial charge in [0.05, 0.1) is 19.2 Å². The number of methoxy groups -OCH3 is 1. The number of benzene rings is 2. The highest BCUT2D eigenvalue weighted by Crippen LogP contribution is 2.37. The van der Waals surface area contributed by atoms with Gasteiger partial charge in [0.15, 0.2) is 0 Å². The Morgan fingerprint density at radius 2 is 2.00 bits per heavy atom. The van der Waals surface area contributed by atoms with Crippen molar-refractivity contribution in [3.63, 3.8) is 0 Å². The van der Waals surface area contributed by atoms with Gasteiger partial charge in [0.1, 0.15) is 11.6 Å². The molecule has 6 nitrogen and oxygen atoms in total. The summed E-state index contributed by atoms with van der Waals surface area (Å²) in [6.07, 6.45) is 0.703.